The van der Waals surface area contributed by atoms with Crippen molar-refractivity contribution in [3.63, 3.8) is 0 Å². The van der Waals surface area contributed by atoms with E-state index in [1.54, 1.807) is 0 Å². The first-order chi connectivity index (χ1) is 6.81. The Labute approximate surface area is 83.5 Å². The number of rotatable bonds is 2. The summed E-state index contributed by atoms with van der Waals surface area (Å²) >= 11 is 0. The van der Waals surface area contributed by atoms with Crippen LogP contribution in [-0.4, -0.2) is 5.11 Å². The van der Waals surface area contributed by atoms with Gasteiger partial charge in [-0.05, 0) is 48.9 Å². The van der Waals surface area contributed by atoms with Gasteiger partial charge in [-0.25, -0.2) is 5.90 Å². The molecule has 0 unspecified atom stereocenters. The molecule has 0 saturated heterocycles. The number of phenols is 1. The van der Waals surface area contributed by atoms with Gasteiger partial charge < -0.3 is 5.11 Å². The number of benzene rings is 1. The first-order valence-corrected chi connectivity index (χ1v) is 4.96. The summed E-state index contributed by atoms with van der Waals surface area (Å²) in [6.07, 6.45) is 4.64. The quantitative estimate of drug-likeness (QED) is 0.702. The largest absolute Gasteiger partial charge is 0.508 e. The first-order valence-electron chi connectivity index (χ1n) is 4.96. The van der Waals surface area contributed by atoms with Crippen LogP contribution in [0.5, 0.6) is 5.75 Å². The highest BCUT2D eigenvalue weighted by Gasteiger charge is 2.12. The highest BCUT2D eigenvalue weighted by Crippen LogP contribution is 2.28. The van der Waals surface area contributed by atoms with Gasteiger partial charge in [0, 0.05) is 5.56 Å². The van der Waals surface area contributed by atoms with Gasteiger partial charge in [-0.15, -0.1) is 0 Å². The highest BCUT2D eigenvalue weighted by molar-refractivity contribution is 5.42. The summed E-state index contributed by atoms with van der Waals surface area (Å²) in [5.74, 6) is 5.30. The van der Waals surface area contributed by atoms with Crippen LogP contribution in [0.25, 0.3) is 0 Å². The number of phenolic OH excluding ortho intramolecular Hbond substituents is 1. The van der Waals surface area contributed by atoms with Gasteiger partial charge in [-0.3, -0.25) is 4.84 Å². The number of nitrogens with two attached hydrogens (primary N) is 1. The third-order valence-corrected chi connectivity index (χ3v) is 2.78. The molecule has 0 amide bonds. The Hall–Kier alpha value is -1.06. The molecule has 14 heavy (non-hydrogen) atoms. The maximum atomic E-state index is 9.66. The topological polar surface area (TPSA) is 55.5 Å². The van der Waals surface area contributed by atoms with E-state index in [-0.39, 0.29) is 6.61 Å². The van der Waals surface area contributed by atoms with Gasteiger partial charge in [-0.1, -0.05) is 0 Å². The highest BCUT2D eigenvalue weighted by atomic mass is 16.6. The van der Waals surface area contributed by atoms with Crippen molar-refractivity contribution >= 4 is 0 Å². The molecule has 3 N–H and O–H groups in total. The van der Waals surface area contributed by atoms with E-state index in [0.29, 0.717) is 5.75 Å². The average molecular weight is 193 g/mol. The van der Waals surface area contributed by atoms with Crippen LogP contribution in [0.3, 0.4) is 0 Å². The molecule has 1 aliphatic rings. The number of hydrogen-bond acceptors (Lipinski definition) is 3. The number of fused-ring (bicyclic) bond motifs is 1. The molecule has 0 heterocycles. The number of aromatic hydroxyl groups is 1. The fourth-order valence-corrected chi connectivity index (χ4v) is 2.03. The van der Waals surface area contributed by atoms with Gasteiger partial charge >= 0.3 is 0 Å². The van der Waals surface area contributed by atoms with E-state index in [9.17, 15) is 5.11 Å². The molecule has 0 radical (unpaired) electrons. The van der Waals surface area contributed by atoms with Crippen molar-refractivity contribution in [3.8, 4) is 5.75 Å². The molecule has 0 saturated carbocycles. The maximum absolute atomic E-state index is 9.66. The molecule has 0 aliphatic heterocycles. The van der Waals surface area contributed by atoms with E-state index < -0.39 is 0 Å². The third-order valence-electron chi connectivity index (χ3n) is 2.78. The molecular formula is C11H15NO2. The SMILES string of the molecule is NOCc1cc2c(cc1O)CCCC2. The molecule has 3 nitrogen and oxygen atoms in total. The molecular weight excluding hydrogens is 178 g/mol. The van der Waals surface area contributed by atoms with Gasteiger partial charge in [0.25, 0.3) is 0 Å². The normalized spacial score (nSPS) is 15.2. The zero-order valence-corrected chi connectivity index (χ0v) is 8.12. The minimum Gasteiger partial charge on any atom is -0.508 e. The van der Waals surface area contributed by atoms with Gasteiger partial charge in [0.05, 0.1) is 6.61 Å². The molecule has 1 aromatic rings. The monoisotopic (exact) mass is 193 g/mol. The average Bonchev–Trinajstić information content (AvgIpc) is 2.19. The van der Waals surface area contributed by atoms with E-state index >= 15 is 0 Å². The van der Waals surface area contributed by atoms with Gasteiger partial charge in [0.1, 0.15) is 5.75 Å². The van der Waals surface area contributed by atoms with Crippen molar-refractivity contribution in [2.24, 2.45) is 5.90 Å². The zero-order chi connectivity index (χ0) is 9.97. The molecule has 0 fully saturated rings. The van der Waals surface area contributed by atoms with Crippen LogP contribution in [0.4, 0.5) is 0 Å². The van der Waals surface area contributed by atoms with Crippen LogP contribution in [0.2, 0.25) is 0 Å². The second-order valence-corrected chi connectivity index (χ2v) is 3.77. The minimum absolute atomic E-state index is 0.277. The van der Waals surface area contributed by atoms with Gasteiger partial charge in [0.2, 0.25) is 0 Å². The lowest BCUT2D eigenvalue weighted by Crippen LogP contribution is -2.05. The number of hydrogen-bond donors (Lipinski definition) is 2. The van der Waals surface area contributed by atoms with Crippen molar-refractivity contribution < 1.29 is 9.94 Å². The molecule has 0 spiro atoms. The second kappa shape index (κ2) is 3.98. The molecule has 0 aromatic heterocycles. The summed E-state index contributed by atoms with van der Waals surface area (Å²) in [4.78, 5) is 4.54. The zero-order valence-electron chi connectivity index (χ0n) is 8.12. The summed E-state index contributed by atoms with van der Waals surface area (Å²) in [5.41, 5.74) is 3.39. The predicted molar refractivity (Wildman–Crippen MR) is 53.7 cm³/mol. The van der Waals surface area contributed by atoms with Crippen LogP contribution in [0.1, 0.15) is 29.5 Å². The molecule has 1 aromatic carbocycles. The summed E-state index contributed by atoms with van der Waals surface area (Å²) in [6.45, 7) is 0.277. The number of aryl methyl sites for hydroxylation is 2. The first kappa shape index (κ1) is 9.49. The predicted octanol–water partition coefficient (Wildman–Crippen LogP) is 1.66. The van der Waals surface area contributed by atoms with E-state index in [1.165, 1.54) is 24.0 Å². The summed E-state index contributed by atoms with van der Waals surface area (Å²) in [5, 5.41) is 9.66. The fraction of sp³-hybridized carbons (Fsp3) is 0.455. The standard InChI is InChI=1S/C11H15NO2/c12-14-7-10-5-8-3-1-2-4-9(8)6-11(10)13/h5-6,13H,1-4,7,12H2. The molecule has 1 aliphatic carbocycles. The van der Waals surface area contributed by atoms with E-state index in [0.717, 1.165) is 18.4 Å². The Morgan fingerprint density at radius 2 is 1.86 bits per heavy atom. The van der Waals surface area contributed by atoms with Crippen LogP contribution < -0.4 is 5.90 Å². The third kappa shape index (κ3) is 1.74. The molecule has 76 valence electrons. The van der Waals surface area contributed by atoms with Crippen LogP contribution in [0.15, 0.2) is 12.1 Å². The molecule has 2 rings (SSSR count). The Balaban J connectivity index is 2.35. The molecule has 0 atom stereocenters. The van der Waals surface area contributed by atoms with Crippen molar-refractivity contribution in [1.82, 2.24) is 0 Å². The summed E-state index contributed by atoms with van der Waals surface area (Å²) < 4.78 is 0. The van der Waals surface area contributed by atoms with Crippen LogP contribution in [-0.2, 0) is 24.3 Å². The summed E-state index contributed by atoms with van der Waals surface area (Å²) in [7, 11) is 0. The smallest absolute Gasteiger partial charge is 0.121 e. The fourth-order valence-electron chi connectivity index (χ4n) is 2.03. The Bertz CT molecular complexity index is 336. The van der Waals surface area contributed by atoms with Gasteiger partial charge in [-0.2, -0.15) is 0 Å². The lowest BCUT2D eigenvalue weighted by atomic mass is 9.90. The van der Waals surface area contributed by atoms with Gasteiger partial charge in [0.15, 0.2) is 0 Å². The Kier molecular flexibility index (Phi) is 2.70. The van der Waals surface area contributed by atoms with Crippen molar-refractivity contribution in [2.75, 3.05) is 0 Å². The van der Waals surface area contributed by atoms with Crippen LogP contribution in [0, 0.1) is 0 Å². The minimum atomic E-state index is 0.277. The van der Waals surface area contributed by atoms with E-state index in [4.69, 9.17) is 5.90 Å². The lowest BCUT2D eigenvalue weighted by Gasteiger charge is -2.17. The molecule has 0 bridgehead atoms. The Morgan fingerprint density at radius 3 is 2.50 bits per heavy atom. The lowest BCUT2D eigenvalue weighted by molar-refractivity contribution is 0.122. The van der Waals surface area contributed by atoms with E-state index in [1.807, 2.05) is 12.1 Å². The van der Waals surface area contributed by atoms with Crippen molar-refractivity contribution in [1.29, 1.82) is 0 Å². The summed E-state index contributed by atoms with van der Waals surface area (Å²) in [6, 6.07) is 3.86. The Morgan fingerprint density at radius 1 is 1.21 bits per heavy atom. The molecule has 3 heteroatoms. The maximum Gasteiger partial charge on any atom is 0.121 e. The van der Waals surface area contributed by atoms with Crippen molar-refractivity contribution in [2.45, 2.75) is 32.3 Å². The second-order valence-electron chi connectivity index (χ2n) is 3.77. The van der Waals surface area contributed by atoms with Crippen molar-refractivity contribution in [3.05, 3.63) is 28.8 Å². The van der Waals surface area contributed by atoms with E-state index in [2.05, 4.69) is 4.84 Å². The van der Waals surface area contributed by atoms with Crippen LogP contribution >= 0.6 is 0 Å².